The molecular formula is C12H21N. The Morgan fingerprint density at radius 1 is 1.15 bits per heavy atom. The van der Waals surface area contributed by atoms with Crippen molar-refractivity contribution in [2.75, 3.05) is 0 Å². The maximum absolute atomic E-state index is 5.47. The highest BCUT2D eigenvalue weighted by atomic mass is 14.6. The highest BCUT2D eigenvalue weighted by molar-refractivity contribution is 5.60. The molecule has 0 unspecified atom stereocenters. The van der Waals surface area contributed by atoms with E-state index < -0.39 is 0 Å². The zero-order valence-electron chi connectivity index (χ0n) is 8.09. The van der Waals surface area contributed by atoms with E-state index in [9.17, 15) is 0 Å². The van der Waals surface area contributed by atoms with Gasteiger partial charge in [0.05, 0.1) is 0 Å². The predicted molar refractivity (Wildman–Crippen MR) is 62.5 cm³/mol. The van der Waals surface area contributed by atoms with Gasteiger partial charge in [0.25, 0.3) is 0 Å². The molecule has 0 amide bonds. The molecule has 0 saturated carbocycles. The van der Waals surface area contributed by atoms with Crippen LogP contribution >= 0.6 is 0 Å². The van der Waals surface area contributed by atoms with Crippen LogP contribution < -0.4 is 5.73 Å². The molecule has 13 heavy (non-hydrogen) atoms. The highest BCUT2D eigenvalue weighted by Gasteiger charge is 1.90. The molecule has 0 bridgehead atoms. The van der Waals surface area contributed by atoms with Gasteiger partial charge in [0.2, 0.25) is 0 Å². The summed E-state index contributed by atoms with van der Waals surface area (Å²) >= 11 is 0. The Hall–Kier alpha value is -1.24. The number of aryl methyl sites for hydroxylation is 1. The van der Waals surface area contributed by atoms with Crippen LogP contribution in [0.4, 0.5) is 0 Å². The Morgan fingerprint density at radius 3 is 1.85 bits per heavy atom. The number of nitrogens with two attached hydrogens (primary N) is 1. The third-order valence-corrected chi connectivity index (χ3v) is 1.42. The van der Waals surface area contributed by atoms with Crippen LogP contribution in [0.5, 0.6) is 0 Å². The van der Waals surface area contributed by atoms with E-state index in [0.29, 0.717) is 5.70 Å². The molecule has 0 atom stereocenters. The molecule has 0 saturated heterocycles. The number of hydrogen-bond donors (Lipinski definition) is 1. The number of rotatable bonds is 1. The van der Waals surface area contributed by atoms with E-state index in [2.05, 4.69) is 6.58 Å². The third-order valence-electron chi connectivity index (χ3n) is 1.42. The molecule has 0 spiro atoms. The van der Waals surface area contributed by atoms with Gasteiger partial charge in [0.15, 0.2) is 0 Å². The van der Waals surface area contributed by atoms with Gasteiger partial charge in [-0.2, -0.15) is 0 Å². The molecule has 1 aromatic carbocycles. The topological polar surface area (TPSA) is 26.0 Å². The van der Waals surface area contributed by atoms with Crippen LogP contribution in [-0.4, -0.2) is 0 Å². The summed E-state index contributed by atoms with van der Waals surface area (Å²) in [6.45, 7) is 9.68. The first-order valence-electron chi connectivity index (χ1n) is 4.21. The lowest BCUT2D eigenvalue weighted by molar-refractivity contribution is 1.44. The van der Waals surface area contributed by atoms with E-state index in [1.54, 1.807) is 0 Å². The van der Waals surface area contributed by atoms with Gasteiger partial charge in [0, 0.05) is 5.70 Å². The first kappa shape index (κ1) is 14.3. The molecule has 0 aliphatic rings. The second-order valence-corrected chi connectivity index (χ2v) is 2.39. The third kappa shape index (κ3) is 5.07. The summed E-state index contributed by atoms with van der Waals surface area (Å²) in [5, 5.41) is 0. The second-order valence-electron chi connectivity index (χ2n) is 2.39. The van der Waals surface area contributed by atoms with Crippen LogP contribution in [0, 0.1) is 6.92 Å². The molecular weight excluding hydrogens is 158 g/mol. The molecule has 0 aliphatic heterocycles. The van der Waals surface area contributed by atoms with Crippen molar-refractivity contribution in [2.24, 2.45) is 5.73 Å². The molecule has 0 heterocycles. The van der Waals surface area contributed by atoms with Crippen molar-refractivity contribution in [3.05, 3.63) is 42.0 Å². The number of benzene rings is 1. The Balaban J connectivity index is 0. The summed E-state index contributed by atoms with van der Waals surface area (Å²) in [4.78, 5) is 0. The largest absolute Gasteiger partial charge is 0.399 e. The van der Waals surface area contributed by atoms with Crippen LogP contribution in [0.1, 0.15) is 32.4 Å². The van der Waals surface area contributed by atoms with Crippen molar-refractivity contribution in [3.63, 3.8) is 0 Å². The monoisotopic (exact) mass is 179 g/mol. The Labute approximate surface area is 82.3 Å². The molecule has 1 rings (SSSR count). The standard InChI is InChI=1S/C9H11N.C2H6.CH4/c1-7-3-5-9(6-4-7)8(2)10;1-2;/h3-6H,2,10H2,1H3;1-2H3;1H4. The van der Waals surface area contributed by atoms with Crippen molar-refractivity contribution in [3.8, 4) is 0 Å². The summed E-state index contributed by atoms with van der Waals surface area (Å²) in [6.07, 6.45) is 0. The molecule has 1 nitrogen and oxygen atoms in total. The molecule has 0 fully saturated rings. The fourth-order valence-electron chi connectivity index (χ4n) is 0.768. The zero-order chi connectivity index (χ0) is 9.56. The fraction of sp³-hybridized carbons (Fsp3) is 0.333. The van der Waals surface area contributed by atoms with E-state index in [-0.39, 0.29) is 7.43 Å². The summed E-state index contributed by atoms with van der Waals surface area (Å²) in [6, 6.07) is 7.98. The van der Waals surface area contributed by atoms with Crippen LogP contribution in [0.25, 0.3) is 5.70 Å². The average molecular weight is 179 g/mol. The lowest BCUT2D eigenvalue weighted by atomic mass is 10.1. The summed E-state index contributed by atoms with van der Waals surface area (Å²) < 4.78 is 0. The first-order chi connectivity index (χ1) is 5.70. The average Bonchev–Trinajstić information content (AvgIpc) is 2.09. The van der Waals surface area contributed by atoms with Gasteiger partial charge < -0.3 is 5.73 Å². The minimum Gasteiger partial charge on any atom is -0.399 e. The van der Waals surface area contributed by atoms with Crippen molar-refractivity contribution < 1.29 is 0 Å². The van der Waals surface area contributed by atoms with Crippen LogP contribution in [0.3, 0.4) is 0 Å². The van der Waals surface area contributed by atoms with Gasteiger partial charge in [-0.1, -0.05) is 57.7 Å². The van der Waals surface area contributed by atoms with Gasteiger partial charge >= 0.3 is 0 Å². The quantitative estimate of drug-likeness (QED) is 0.700. The highest BCUT2D eigenvalue weighted by Crippen LogP contribution is 2.07. The Morgan fingerprint density at radius 2 is 1.54 bits per heavy atom. The lowest BCUT2D eigenvalue weighted by Gasteiger charge is -1.98. The van der Waals surface area contributed by atoms with Gasteiger partial charge in [-0.05, 0) is 12.5 Å². The number of hydrogen-bond acceptors (Lipinski definition) is 1. The van der Waals surface area contributed by atoms with Gasteiger partial charge in [-0.25, -0.2) is 0 Å². The van der Waals surface area contributed by atoms with Crippen molar-refractivity contribution in [1.29, 1.82) is 0 Å². The van der Waals surface area contributed by atoms with Gasteiger partial charge in [-0.3, -0.25) is 0 Å². The smallest absolute Gasteiger partial charge is 0.0314 e. The van der Waals surface area contributed by atoms with E-state index in [1.165, 1.54) is 5.56 Å². The molecule has 0 radical (unpaired) electrons. The van der Waals surface area contributed by atoms with E-state index in [1.807, 2.05) is 45.0 Å². The van der Waals surface area contributed by atoms with Gasteiger partial charge in [-0.15, -0.1) is 0 Å². The van der Waals surface area contributed by atoms with Crippen LogP contribution in [0.15, 0.2) is 30.8 Å². The van der Waals surface area contributed by atoms with Crippen molar-refractivity contribution >= 4 is 5.70 Å². The molecule has 0 aliphatic carbocycles. The van der Waals surface area contributed by atoms with E-state index in [4.69, 9.17) is 5.73 Å². The van der Waals surface area contributed by atoms with Crippen LogP contribution in [0.2, 0.25) is 0 Å². The zero-order valence-corrected chi connectivity index (χ0v) is 8.09. The first-order valence-corrected chi connectivity index (χ1v) is 4.21. The summed E-state index contributed by atoms with van der Waals surface area (Å²) in [5.74, 6) is 0. The molecule has 74 valence electrons. The predicted octanol–water partition coefficient (Wildman–Crippen LogP) is 3.59. The Kier molecular flexibility index (Phi) is 8.15. The maximum Gasteiger partial charge on any atom is 0.0314 e. The Bertz CT molecular complexity index is 234. The van der Waals surface area contributed by atoms with Crippen molar-refractivity contribution in [1.82, 2.24) is 0 Å². The summed E-state index contributed by atoms with van der Waals surface area (Å²) in [7, 11) is 0. The molecule has 1 aromatic rings. The van der Waals surface area contributed by atoms with E-state index >= 15 is 0 Å². The van der Waals surface area contributed by atoms with Crippen LogP contribution in [-0.2, 0) is 0 Å². The molecule has 0 aromatic heterocycles. The molecule has 2 N–H and O–H groups in total. The second kappa shape index (κ2) is 7.41. The normalized spacial score (nSPS) is 7.62. The fourth-order valence-corrected chi connectivity index (χ4v) is 0.768. The minimum absolute atomic E-state index is 0. The van der Waals surface area contributed by atoms with Crippen molar-refractivity contribution in [2.45, 2.75) is 28.2 Å². The SMILES string of the molecule is C.C=C(N)c1ccc(C)cc1.CC. The molecule has 1 heteroatoms. The van der Waals surface area contributed by atoms with E-state index in [0.717, 1.165) is 5.56 Å². The minimum atomic E-state index is 0. The van der Waals surface area contributed by atoms with Gasteiger partial charge in [0.1, 0.15) is 0 Å². The maximum atomic E-state index is 5.47. The summed E-state index contributed by atoms with van der Waals surface area (Å²) in [5.41, 5.74) is 8.34. The lowest BCUT2D eigenvalue weighted by Crippen LogP contribution is -1.92.